The third kappa shape index (κ3) is 2.66. The summed E-state index contributed by atoms with van der Waals surface area (Å²) in [6, 6.07) is 17.0. The van der Waals surface area contributed by atoms with Gasteiger partial charge in [0, 0.05) is 31.7 Å². The Morgan fingerprint density at radius 3 is 2.61 bits per heavy atom. The summed E-state index contributed by atoms with van der Waals surface area (Å²) in [5.74, 6) is 0.160. The van der Waals surface area contributed by atoms with Crippen molar-refractivity contribution in [2.45, 2.75) is 19.4 Å². The average molecular weight is 306 g/mol. The molecule has 2 aliphatic heterocycles. The van der Waals surface area contributed by atoms with E-state index in [-0.39, 0.29) is 5.91 Å². The van der Waals surface area contributed by atoms with Crippen LogP contribution in [-0.2, 0) is 6.42 Å². The molecular formula is C20H22N2O. The predicted molar refractivity (Wildman–Crippen MR) is 91.5 cm³/mol. The minimum Gasteiger partial charge on any atom is -0.335 e. The molecule has 23 heavy (non-hydrogen) atoms. The number of carbonyl (C=O) groups excluding carboxylic acids is 1. The van der Waals surface area contributed by atoms with Gasteiger partial charge in [0.1, 0.15) is 0 Å². The zero-order valence-corrected chi connectivity index (χ0v) is 13.5. The van der Waals surface area contributed by atoms with E-state index in [2.05, 4.69) is 29.2 Å². The van der Waals surface area contributed by atoms with E-state index >= 15 is 0 Å². The second-order valence-electron chi connectivity index (χ2n) is 6.62. The minimum absolute atomic E-state index is 0.160. The highest BCUT2D eigenvalue weighted by Crippen LogP contribution is 2.32. The highest BCUT2D eigenvalue weighted by atomic mass is 16.2. The molecule has 2 aromatic rings. The maximum atomic E-state index is 12.8. The van der Waals surface area contributed by atoms with Gasteiger partial charge in [-0.2, -0.15) is 0 Å². The lowest BCUT2D eigenvalue weighted by molar-refractivity contribution is 0.0453. The largest absolute Gasteiger partial charge is 0.335 e. The third-order valence-corrected chi connectivity index (χ3v) is 5.16. The van der Waals surface area contributed by atoms with Crippen molar-refractivity contribution in [3.8, 4) is 0 Å². The van der Waals surface area contributed by atoms with Gasteiger partial charge < -0.3 is 4.90 Å². The molecule has 1 atom stereocenters. The number of nitrogens with zero attached hydrogens (tertiary/aromatic N) is 2. The molecule has 3 nitrogen and oxygen atoms in total. The molecule has 1 amide bonds. The number of rotatable bonds is 1. The molecule has 0 aromatic heterocycles. The van der Waals surface area contributed by atoms with Gasteiger partial charge in [0.05, 0.1) is 6.04 Å². The van der Waals surface area contributed by atoms with Gasteiger partial charge in [-0.1, -0.05) is 42.0 Å². The molecule has 0 radical (unpaired) electrons. The summed E-state index contributed by atoms with van der Waals surface area (Å²) >= 11 is 0. The summed E-state index contributed by atoms with van der Waals surface area (Å²) < 4.78 is 0. The Hall–Kier alpha value is -2.13. The fourth-order valence-electron chi connectivity index (χ4n) is 3.80. The normalized spacial score (nSPS) is 20.7. The van der Waals surface area contributed by atoms with Gasteiger partial charge in [-0.15, -0.1) is 0 Å². The van der Waals surface area contributed by atoms with Crippen LogP contribution in [0.5, 0.6) is 0 Å². The smallest absolute Gasteiger partial charge is 0.253 e. The highest BCUT2D eigenvalue weighted by Gasteiger charge is 2.34. The molecule has 1 fully saturated rings. The second kappa shape index (κ2) is 5.82. The van der Waals surface area contributed by atoms with Crippen molar-refractivity contribution >= 4 is 5.91 Å². The van der Waals surface area contributed by atoms with Crippen LogP contribution in [0.4, 0.5) is 0 Å². The van der Waals surface area contributed by atoms with E-state index in [0.717, 1.165) is 38.2 Å². The molecule has 2 heterocycles. The number of hydrogen-bond donors (Lipinski definition) is 0. The topological polar surface area (TPSA) is 23.6 Å². The van der Waals surface area contributed by atoms with Crippen molar-refractivity contribution in [1.29, 1.82) is 0 Å². The van der Waals surface area contributed by atoms with Crippen LogP contribution in [0.1, 0.15) is 33.1 Å². The lowest BCUT2D eigenvalue weighted by Gasteiger charge is -2.44. The number of benzene rings is 2. The molecule has 0 spiro atoms. The van der Waals surface area contributed by atoms with Gasteiger partial charge in [0.15, 0.2) is 0 Å². The van der Waals surface area contributed by atoms with Gasteiger partial charge in [0.25, 0.3) is 5.91 Å². The number of amides is 1. The first-order chi connectivity index (χ1) is 11.2. The van der Waals surface area contributed by atoms with Crippen molar-refractivity contribution in [2.24, 2.45) is 0 Å². The molecule has 1 saturated heterocycles. The maximum Gasteiger partial charge on any atom is 0.253 e. The molecule has 1 unspecified atom stereocenters. The molecule has 0 N–H and O–H groups in total. The average Bonchev–Trinajstić information content (AvgIpc) is 2.61. The van der Waals surface area contributed by atoms with Gasteiger partial charge >= 0.3 is 0 Å². The van der Waals surface area contributed by atoms with Gasteiger partial charge in [0.2, 0.25) is 0 Å². The van der Waals surface area contributed by atoms with E-state index in [1.165, 1.54) is 16.7 Å². The number of carbonyl (C=O) groups is 1. The molecule has 0 saturated carbocycles. The summed E-state index contributed by atoms with van der Waals surface area (Å²) in [4.78, 5) is 17.4. The summed E-state index contributed by atoms with van der Waals surface area (Å²) in [5, 5.41) is 0. The van der Waals surface area contributed by atoms with E-state index in [9.17, 15) is 4.79 Å². The Morgan fingerprint density at radius 1 is 1.00 bits per heavy atom. The highest BCUT2D eigenvalue weighted by molar-refractivity contribution is 5.94. The van der Waals surface area contributed by atoms with Crippen molar-refractivity contribution in [3.63, 3.8) is 0 Å². The Balaban J connectivity index is 1.58. The monoisotopic (exact) mass is 306 g/mol. The first kappa shape index (κ1) is 14.5. The summed E-state index contributed by atoms with van der Waals surface area (Å²) in [6.45, 7) is 5.74. The second-order valence-corrected chi connectivity index (χ2v) is 6.62. The van der Waals surface area contributed by atoms with E-state index in [1.54, 1.807) is 0 Å². The van der Waals surface area contributed by atoms with Crippen LogP contribution in [-0.4, -0.2) is 41.9 Å². The van der Waals surface area contributed by atoms with Crippen molar-refractivity contribution in [3.05, 3.63) is 70.8 Å². The quantitative estimate of drug-likeness (QED) is 0.808. The van der Waals surface area contributed by atoms with Gasteiger partial charge in [-0.3, -0.25) is 9.69 Å². The lowest BCUT2D eigenvalue weighted by Crippen LogP contribution is -2.52. The van der Waals surface area contributed by atoms with Gasteiger partial charge in [-0.25, -0.2) is 0 Å². The SMILES string of the molecule is Cc1ccc(C(=O)N2CCN3CCc4ccccc4C3C2)cc1. The molecular weight excluding hydrogens is 284 g/mol. The molecule has 4 rings (SSSR count). The van der Waals surface area contributed by atoms with E-state index in [0.29, 0.717) is 6.04 Å². The Morgan fingerprint density at radius 2 is 1.78 bits per heavy atom. The van der Waals surface area contributed by atoms with Crippen LogP contribution < -0.4 is 0 Å². The van der Waals surface area contributed by atoms with E-state index in [1.807, 2.05) is 36.1 Å². The minimum atomic E-state index is 0.160. The van der Waals surface area contributed by atoms with Crippen molar-refractivity contribution in [2.75, 3.05) is 26.2 Å². The van der Waals surface area contributed by atoms with Crippen LogP contribution in [0.25, 0.3) is 0 Å². The van der Waals surface area contributed by atoms with Gasteiger partial charge in [-0.05, 0) is 36.6 Å². The fourth-order valence-corrected chi connectivity index (χ4v) is 3.80. The van der Waals surface area contributed by atoms with Crippen LogP contribution in [0.3, 0.4) is 0 Å². The predicted octanol–water partition coefficient (Wildman–Crippen LogP) is 3.05. The molecule has 0 bridgehead atoms. The van der Waals surface area contributed by atoms with Crippen LogP contribution in [0, 0.1) is 6.92 Å². The first-order valence-corrected chi connectivity index (χ1v) is 8.40. The molecule has 2 aliphatic rings. The Bertz CT molecular complexity index is 723. The standard InChI is InChI=1S/C20H22N2O/c1-15-6-8-17(9-7-15)20(23)22-13-12-21-11-10-16-4-2-3-5-18(16)19(21)14-22/h2-9,19H,10-14H2,1H3. The zero-order valence-electron chi connectivity index (χ0n) is 13.5. The number of piperazine rings is 1. The van der Waals surface area contributed by atoms with E-state index < -0.39 is 0 Å². The molecule has 0 aliphatic carbocycles. The first-order valence-electron chi connectivity index (χ1n) is 8.40. The summed E-state index contributed by atoms with van der Waals surface area (Å²) in [6.07, 6.45) is 1.12. The lowest BCUT2D eigenvalue weighted by atomic mass is 9.91. The Labute approximate surface area is 137 Å². The Kier molecular flexibility index (Phi) is 3.66. The number of fused-ring (bicyclic) bond motifs is 3. The fraction of sp³-hybridized carbons (Fsp3) is 0.350. The number of hydrogen-bond acceptors (Lipinski definition) is 2. The molecule has 3 heteroatoms. The van der Waals surface area contributed by atoms with Crippen LogP contribution in [0.2, 0.25) is 0 Å². The molecule has 118 valence electrons. The van der Waals surface area contributed by atoms with Crippen LogP contribution in [0.15, 0.2) is 48.5 Å². The summed E-state index contributed by atoms with van der Waals surface area (Å²) in [5.41, 5.74) is 4.83. The van der Waals surface area contributed by atoms with E-state index in [4.69, 9.17) is 0 Å². The van der Waals surface area contributed by atoms with Crippen molar-refractivity contribution < 1.29 is 4.79 Å². The number of aryl methyl sites for hydroxylation is 1. The summed E-state index contributed by atoms with van der Waals surface area (Å²) in [7, 11) is 0. The van der Waals surface area contributed by atoms with Crippen LogP contribution >= 0.6 is 0 Å². The van der Waals surface area contributed by atoms with Crippen molar-refractivity contribution in [1.82, 2.24) is 9.80 Å². The maximum absolute atomic E-state index is 12.8. The zero-order chi connectivity index (χ0) is 15.8. The molecule has 2 aromatic carbocycles. The third-order valence-electron chi connectivity index (χ3n) is 5.16.